The SMILES string of the molecule is CNCCCN(C)Cc1ccc(Br)c(C)c1. The van der Waals surface area contributed by atoms with Crippen LogP contribution in [0, 0.1) is 6.92 Å². The molecule has 1 aromatic rings. The molecule has 0 saturated heterocycles. The van der Waals surface area contributed by atoms with Gasteiger partial charge in [-0.3, -0.25) is 0 Å². The smallest absolute Gasteiger partial charge is 0.0230 e. The quantitative estimate of drug-likeness (QED) is 0.809. The summed E-state index contributed by atoms with van der Waals surface area (Å²) in [7, 11) is 4.17. The Morgan fingerprint density at radius 1 is 1.38 bits per heavy atom. The molecule has 0 unspecified atom stereocenters. The molecule has 0 spiro atoms. The third kappa shape index (κ3) is 4.64. The summed E-state index contributed by atoms with van der Waals surface area (Å²) in [5, 5.41) is 3.17. The Morgan fingerprint density at radius 3 is 2.75 bits per heavy atom. The van der Waals surface area contributed by atoms with Crippen LogP contribution in [0.25, 0.3) is 0 Å². The zero-order valence-corrected chi connectivity index (χ0v) is 12.0. The Hall–Kier alpha value is -0.380. The van der Waals surface area contributed by atoms with Crippen molar-refractivity contribution in [3.8, 4) is 0 Å². The second kappa shape index (κ2) is 7.05. The molecule has 0 aliphatic carbocycles. The standard InChI is InChI=1S/C13H21BrN2/c1-11-9-12(5-6-13(11)14)10-16(3)8-4-7-15-2/h5-6,9,15H,4,7-8,10H2,1-3H3. The van der Waals surface area contributed by atoms with E-state index in [1.807, 2.05) is 7.05 Å². The zero-order valence-electron chi connectivity index (χ0n) is 10.4. The third-order valence-electron chi connectivity index (χ3n) is 2.64. The second-order valence-corrected chi connectivity index (χ2v) is 5.13. The fraction of sp³-hybridized carbons (Fsp3) is 0.538. The van der Waals surface area contributed by atoms with Gasteiger partial charge in [0, 0.05) is 11.0 Å². The van der Waals surface area contributed by atoms with E-state index in [4.69, 9.17) is 0 Å². The Morgan fingerprint density at radius 2 is 2.12 bits per heavy atom. The van der Waals surface area contributed by atoms with E-state index in [0.29, 0.717) is 0 Å². The molecule has 16 heavy (non-hydrogen) atoms. The van der Waals surface area contributed by atoms with Gasteiger partial charge in [-0.15, -0.1) is 0 Å². The molecule has 1 aromatic carbocycles. The molecule has 0 fully saturated rings. The maximum atomic E-state index is 3.52. The predicted octanol–water partition coefficient (Wildman–Crippen LogP) is 2.80. The second-order valence-electron chi connectivity index (χ2n) is 4.28. The summed E-state index contributed by atoms with van der Waals surface area (Å²) in [6, 6.07) is 6.57. The van der Waals surface area contributed by atoms with Crippen LogP contribution in [-0.4, -0.2) is 32.1 Å². The summed E-state index contributed by atoms with van der Waals surface area (Å²) >= 11 is 3.52. The van der Waals surface area contributed by atoms with Crippen LogP contribution >= 0.6 is 15.9 Å². The number of benzene rings is 1. The molecule has 1 rings (SSSR count). The van der Waals surface area contributed by atoms with Gasteiger partial charge in [0.1, 0.15) is 0 Å². The van der Waals surface area contributed by atoms with Gasteiger partial charge in [-0.25, -0.2) is 0 Å². The maximum Gasteiger partial charge on any atom is 0.0230 e. The molecule has 0 saturated carbocycles. The zero-order chi connectivity index (χ0) is 12.0. The van der Waals surface area contributed by atoms with Gasteiger partial charge < -0.3 is 10.2 Å². The molecule has 0 atom stereocenters. The Kier molecular flexibility index (Phi) is 6.03. The molecule has 0 amide bonds. The molecule has 0 radical (unpaired) electrons. The highest BCUT2D eigenvalue weighted by Crippen LogP contribution is 2.17. The van der Waals surface area contributed by atoms with Gasteiger partial charge in [0.2, 0.25) is 0 Å². The van der Waals surface area contributed by atoms with Crippen molar-refractivity contribution in [2.24, 2.45) is 0 Å². The number of hydrogen-bond donors (Lipinski definition) is 1. The van der Waals surface area contributed by atoms with E-state index in [1.54, 1.807) is 0 Å². The Bertz CT molecular complexity index is 326. The van der Waals surface area contributed by atoms with Crippen molar-refractivity contribution in [2.45, 2.75) is 19.9 Å². The minimum absolute atomic E-state index is 1.03. The van der Waals surface area contributed by atoms with E-state index in [1.165, 1.54) is 22.0 Å². The van der Waals surface area contributed by atoms with Gasteiger partial charge in [-0.05, 0) is 57.7 Å². The highest BCUT2D eigenvalue weighted by atomic mass is 79.9. The molecule has 90 valence electrons. The lowest BCUT2D eigenvalue weighted by atomic mass is 10.1. The lowest BCUT2D eigenvalue weighted by Gasteiger charge is -2.17. The lowest BCUT2D eigenvalue weighted by molar-refractivity contribution is 0.321. The van der Waals surface area contributed by atoms with Gasteiger partial charge >= 0.3 is 0 Å². The lowest BCUT2D eigenvalue weighted by Crippen LogP contribution is -2.22. The highest BCUT2D eigenvalue weighted by molar-refractivity contribution is 9.10. The van der Waals surface area contributed by atoms with E-state index in [-0.39, 0.29) is 0 Å². The average Bonchev–Trinajstić information content (AvgIpc) is 2.24. The number of rotatable bonds is 6. The van der Waals surface area contributed by atoms with Crippen molar-refractivity contribution < 1.29 is 0 Å². The predicted molar refractivity (Wildman–Crippen MR) is 73.8 cm³/mol. The molecular formula is C13H21BrN2. The fourth-order valence-corrected chi connectivity index (χ4v) is 1.97. The van der Waals surface area contributed by atoms with Gasteiger partial charge in [0.05, 0.1) is 0 Å². The Balaban J connectivity index is 2.43. The van der Waals surface area contributed by atoms with E-state index in [0.717, 1.165) is 19.6 Å². The van der Waals surface area contributed by atoms with Crippen molar-refractivity contribution >= 4 is 15.9 Å². The maximum absolute atomic E-state index is 3.52. The summed E-state index contributed by atoms with van der Waals surface area (Å²) in [6.07, 6.45) is 1.20. The summed E-state index contributed by atoms with van der Waals surface area (Å²) in [6.45, 7) is 5.38. The monoisotopic (exact) mass is 284 g/mol. The normalized spacial score (nSPS) is 11.1. The summed E-state index contributed by atoms with van der Waals surface area (Å²) in [5.41, 5.74) is 2.69. The van der Waals surface area contributed by atoms with Crippen LogP contribution < -0.4 is 5.32 Å². The molecular weight excluding hydrogens is 264 g/mol. The number of halogens is 1. The van der Waals surface area contributed by atoms with Crippen LogP contribution in [0.2, 0.25) is 0 Å². The first-order valence-corrected chi connectivity index (χ1v) is 6.51. The molecule has 0 aliphatic heterocycles. The third-order valence-corrected chi connectivity index (χ3v) is 3.53. The molecule has 0 aliphatic rings. The first-order valence-electron chi connectivity index (χ1n) is 5.71. The van der Waals surface area contributed by atoms with E-state index < -0.39 is 0 Å². The van der Waals surface area contributed by atoms with Crippen LogP contribution in [0.5, 0.6) is 0 Å². The number of nitrogens with zero attached hydrogens (tertiary/aromatic N) is 1. The van der Waals surface area contributed by atoms with Crippen LogP contribution in [0.3, 0.4) is 0 Å². The molecule has 0 aromatic heterocycles. The van der Waals surface area contributed by atoms with Gasteiger partial charge in [0.25, 0.3) is 0 Å². The topological polar surface area (TPSA) is 15.3 Å². The molecule has 0 heterocycles. The van der Waals surface area contributed by atoms with Crippen molar-refractivity contribution in [3.63, 3.8) is 0 Å². The minimum atomic E-state index is 1.03. The highest BCUT2D eigenvalue weighted by Gasteiger charge is 2.01. The van der Waals surface area contributed by atoms with Gasteiger partial charge in [0.15, 0.2) is 0 Å². The van der Waals surface area contributed by atoms with Crippen LogP contribution in [0.4, 0.5) is 0 Å². The van der Waals surface area contributed by atoms with Crippen molar-refractivity contribution in [1.82, 2.24) is 10.2 Å². The summed E-state index contributed by atoms with van der Waals surface area (Å²) < 4.78 is 1.19. The Labute approximate surface area is 107 Å². The van der Waals surface area contributed by atoms with E-state index >= 15 is 0 Å². The molecule has 2 nitrogen and oxygen atoms in total. The van der Waals surface area contributed by atoms with Crippen LogP contribution in [0.1, 0.15) is 17.5 Å². The first kappa shape index (κ1) is 13.7. The first-order chi connectivity index (χ1) is 7.63. The van der Waals surface area contributed by atoms with Crippen molar-refractivity contribution in [2.75, 3.05) is 27.2 Å². The van der Waals surface area contributed by atoms with Crippen LogP contribution in [-0.2, 0) is 6.54 Å². The van der Waals surface area contributed by atoms with E-state index in [9.17, 15) is 0 Å². The molecule has 0 bridgehead atoms. The van der Waals surface area contributed by atoms with Crippen LogP contribution in [0.15, 0.2) is 22.7 Å². The summed E-state index contributed by atoms with van der Waals surface area (Å²) in [5.74, 6) is 0. The van der Waals surface area contributed by atoms with Crippen molar-refractivity contribution in [1.29, 1.82) is 0 Å². The number of nitrogens with one attached hydrogen (secondary N) is 1. The molecule has 3 heteroatoms. The molecule has 1 N–H and O–H groups in total. The fourth-order valence-electron chi connectivity index (χ4n) is 1.72. The minimum Gasteiger partial charge on any atom is -0.320 e. The van der Waals surface area contributed by atoms with Gasteiger partial charge in [-0.1, -0.05) is 28.1 Å². The van der Waals surface area contributed by atoms with Crippen molar-refractivity contribution in [3.05, 3.63) is 33.8 Å². The van der Waals surface area contributed by atoms with Gasteiger partial charge in [-0.2, -0.15) is 0 Å². The summed E-state index contributed by atoms with van der Waals surface area (Å²) in [4.78, 5) is 2.36. The number of hydrogen-bond acceptors (Lipinski definition) is 2. The number of aryl methyl sites for hydroxylation is 1. The largest absolute Gasteiger partial charge is 0.320 e. The van der Waals surface area contributed by atoms with E-state index in [2.05, 4.69) is 58.3 Å². The average molecular weight is 285 g/mol.